The molecule has 2 amide bonds. The van der Waals surface area contributed by atoms with Crippen LogP contribution in [0.2, 0.25) is 0 Å². The number of urea groups is 1. The molecule has 0 aromatic rings. The Morgan fingerprint density at radius 2 is 1.71 bits per heavy atom. The van der Waals surface area contributed by atoms with Gasteiger partial charge in [-0.1, -0.05) is 0 Å². The maximum absolute atomic E-state index is 11.9. The molecule has 1 heterocycles. The molecule has 0 aliphatic carbocycles. The normalized spacial score (nSPS) is 16.8. The van der Waals surface area contributed by atoms with Crippen molar-refractivity contribution in [3.05, 3.63) is 0 Å². The molecule has 3 N–H and O–H groups in total. The molecule has 1 aliphatic rings. The van der Waals surface area contributed by atoms with Crippen LogP contribution < -0.4 is 10.6 Å². The third-order valence-corrected chi connectivity index (χ3v) is 4.66. The number of hydrogen-bond donors (Lipinski definition) is 3. The molecule has 1 saturated heterocycles. The first-order valence-corrected chi connectivity index (χ1v) is 7.68. The minimum Gasteiger partial charge on any atom is -0.481 e. The number of carboxylic acids is 1. The molecule has 0 spiro atoms. The van der Waals surface area contributed by atoms with E-state index in [0.717, 1.165) is 26.1 Å². The lowest BCUT2D eigenvalue weighted by Gasteiger charge is -2.38. The highest BCUT2D eigenvalue weighted by Crippen LogP contribution is 2.30. The zero-order valence-corrected chi connectivity index (χ0v) is 13.7. The molecular formula is C15H29N3O3. The van der Waals surface area contributed by atoms with E-state index in [4.69, 9.17) is 0 Å². The van der Waals surface area contributed by atoms with E-state index in [1.807, 2.05) is 0 Å². The molecule has 1 fully saturated rings. The third kappa shape index (κ3) is 4.88. The van der Waals surface area contributed by atoms with Gasteiger partial charge < -0.3 is 20.6 Å². The highest BCUT2D eigenvalue weighted by Gasteiger charge is 2.44. The number of nitrogens with zero attached hydrogens (tertiary/aromatic N) is 1. The van der Waals surface area contributed by atoms with Crippen LogP contribution >= 0.6 is 0 Å². The van der Waals surface area contributed by atoms with E-state index < -0.39 is 16.9 Å². The summed E-state index contributed by atoms with van der Waals surface area (Å²) < 4.78 is 0. The third-order valence-electron chi connectivity index (χ3n) is 4.66. The van der Waals surface area contributed by atoms with Gasteiger partial charge in [0, 0.05) is 6.54 Å². The maximum atomic E-state index is 11.9. The molecule has 0 aromatic carbocycles. The summed E-state index contributed by atoms with van der Waals surface area (Å²) in [7, 11) is 0. The first-order chi connectivity index (χ1) is 9.67. The maximum Gasteiger partial charge on any atom is 0.315 e. The lowest BCUT2D eigenvalue weighted by molar-refractivity contribution is -0.150. The number of aliphatic carboxylic acids is 1. The number of carboxylic acid groups (broad SMARTS) is 1. The Hall–Kier alpha value is -1.30. The average molecular weight is 299 g/mol. The Bertz CT molecular complexity index is 374. The Morgan fingerprint density at radius 1 is 1.14 bits per heavy atom. The molecule has 6 heteroatoms. The summed E-state index contributed by atoms with van der Waals surface area (Å²) in [6.45, 7) is 10.6. The largest absolute Gasteiger partial charge is 0.481 e. The summed E-state index contributed by atoms with van der Waals surface area (Å²) in [6.07, 6.45) is 3.45. The Kier molecular flexibility index (Phi) is 6.01. The van der Waals surface area contributed by atoms with Crippen molar-refractivity contribution in [2.24, 2.45) is 5.41 Å². The van der Waals surface area contributed by atoms with Crippen LogP contribution in [0.5, 0.6) is 0 Å². The standard InChI is InChI=1S/C15H29N3O3/c1-14(2,12(19)20)15(3,4)17-13(21)16-8-7-11-18-9-5-6-10-18/h5-11H2,1-4H3,(H,19,20)(H2,16,17,21). The van der Waals surface area contributed by atoms with Gasteiger partial charge in [0.05, 0.1) is 11.0 Å². The van der Waals surface area contributed by atoms with Crippen molar-refractivity contribution in [1.82, 2.24) is 15.5 Å². The van der Waals surface area contributed by atoms with Crippen LogP contribution in [0.4, 0.5) is 4.79 Å². The SMILES string of the molecule is CC(C)(NC(=O)NCCCN1CCCC1)C(C)(C)C(=O)O. The molecule has 21 heavy (non-hydrogen) atoms. The summed E-state index contributed by atoms with van der Waals surface area (Å²) >= 11 is 0. The molecule has 6 nitrogen and oxygen atoms in total. The molecule has 1 aliphatic heterocycles. The minimum absolute atomic E-state index is 0.309. The Balaban J connectivity index is 2.30. The van der Waals surface area contributed by atoms with Crippen LogP contribution in [0.3, 0.4) is 0 Å². The average Bonchev–Trinajstić information content (AvgIpc) is 2.86. The van der Waals surface area contributed by atoms with Crippen molar-refractivity contribution in [2.45, 2.75) is 52.5 Å². The molecule has 0 unspecified atom stereocenters. The molecule has 0 aromatic heterocycles. The number of carbonyl (C=O) groups is 2. The van der Waals surface area contributed by atoms with Crippen LogP contribution in [-0.2, 0) is 4.79 Å². The first-order valence-electron chi connectivity index (χ1n) is 7.68. The van der Waals surface area contributed by atoms with Gasteiger partial charge in [-0.25, -0.2) is 4.79 Å². The van der Waals surface area contributed by atoms with Crippen molar-refractivity contribution >= 4 is 12.0 Å². The number of amides is 2. The topological polar surface area (TPSA) is 81.7 Å². The van der Waals surface area contributed by atoms with Crippen molar-refractivity contribution in [3.63, 3.8) is 0 Å². The Labute approximate surface area is 127 Å². The van der Waals surface area contributed by atoms with Crippen molar-refractivity contribution in [1.29, 1.82) is 0 Å². The fraction of sp³-hybridized carbons (Fsp3) is 0.867. The van der Waals surface area contributed by atoms with Crippen molar-refractivity contribution in [2.75, 3.05) is 26.2 Å². The van der Waals surface area contributed by atoms with Crippen LogP contribution in [0, 0.1) is 5.41 Å². The fourth-order valence-corrected chi connectivity index (χ4v) is 2.26. The van der Waals surface area contributed by atoms with Crippen molar-refractivity contribution < 1.29 is 14.7 Å². The monoisotopic (exact) mass is 299 g/mol. The van der Waals surface area contributed by atoms with Gasteiger partial charge in [0.25, 0.3) is 0 Å². The van der Waals surface area contributed by atoms with E-state index in [9.17, 15) is 14.7 Å². The second-order valence-corrected chi connectivity index (χ2v) is 6.84. The van der Waals surface area contributed by atoms with E-state index in [0.29, 0.717) is 6.54 Å². The zero-order valence-electron chi connectivity index (χ0n) is 13.7. The summed E-state index contributed by atoms with van der Waals surface area (Å²) in [5, 5.41) is 14.8. The number of nitrogens with one attached hydrogen (secondary N) is 2. The fourth-order valence-electron chi connectivity index (χ4n) is 2.26. The van der Waals surface area contributed by atoms with E-state index in [2.05, 4.69) is 15.5 Å². The number of likely N-dealkylation sites (tertiary alicyclic amines) is 1. The summed E-state index contributed by atoms with van der Waals surface area (Å²) in [5.74, 6) is -0.929. The van der Waals surface area contributed by atoms with E-state index in [-0.39, 0.29) is 6.03 Å². The van der Waals surface area contributed by atoms with Crippen LogP contribution in [-0.4, -0.2) is 53.7 Å². The lowest BCUT2D eigenvalue weighted by Crippen LogP contribution is -2.59. The predicted molar refractivity (Wildman–Crippen MR) is 82.3 cm³/mol. The van der Waals surface area contributed by atoms with E-state index >= 15 is 0 Å². The first kappa shape index (κ1) is 17.8. The highest BCUT2D eigenvalue weighted by molar-refractivity contribution is 5.79. The molecule has 0 radical (unpaired) electrons. The summed E-state index contributed by atoms with van der Waals surface area (Å²) in [6, 6.07) is -0.309. The van der Waals surface area contributed by atoms with Crippen LogP contribution in [0.1, 0.15) is 47.0 Å². The summed E-state index contributed by atoms with van der Waals surface area (Å²) in [4.78, 5) is 25.6. The molecule has 122 valence electrons. The Morgan fingerprint density at radius 3 is 2.24 bits per heavy atom. The molecule has 1 rings (SSSR count). The molecular weight excluding hydrogens is 270 g/mol. The quantitative estimate of drug-likeness (QED) is 0.624. The van der Waals surface area contributed by atoms with E-state index in [1.54, 1.807) is 27.7 Å². The lowest BCUT2D eigenvalue weighted by atomic mass is 9.74. The van der Waals surface area contributed by atoms with Gasteiger partial charge in [-0.15, -0.1) is 0 Å². The highest BCUT2D eigenvalue weighted by atomic mass is 16.4. The number of carbonyl (C=O) groups excluding carboxylic acids is 1. The number of rotatable bonds is 7. The van der Waals surface area contributed by atoms with Gasteiger partial charge in [0.1, 0.15) is 0 Å². The van der Waals surface area contributed by atoms with Gasteiger partial charge in [0.2, 0.25) is 0 Å². The van der Waals surface area contributed by atoms with Gasteiger partial charge in [-0.2, -0.15) is 0 Å². The van der Waals surface area contributed by atoms with Crippen LogP contribution in [0.25, 0.3) is 0 Å². The van der Waals surface area contributed by atoms with E-state index in [1.165, 1.54) is 12.8 Å². The molecule has 0 bridgehead atoms. The van der Waals surface area contributed by atoms with Gasteiger partial charge in [0.15, 0.2) is 0 Å². The van der Waals surface area contributed by atoms with Crippen molar-refractivity contribution in [3.8, 4) is 0 Å². The van der Waals surface area contributed by atoms with Gasteiger partial charge >= 0.3 is 12.0 Å². The van der Waals surface area contributed by atoms with Crippen LogP contribution in [0.15, 0.2) is 0 Å². The van der Waals surface area contributed by atoms with Gasteiger partial charge in [-0.05, 0) is 66.6 Å². The summed E-state index contributed by atoms with van der Waals surface area (Å²) in [5.41, 5.74) is -1.88. The molecule has 0 saturated carbocycles. The second-order valence-electron chi connectivity index (χ2n) is 6.84. The minimum atomic E-state index is -1.04. The molecule has 0 atom stereocenters. The smallest absolute Gasteiger partial charge is 0.315 e. The van der Waals surface area contributed by atoms with Gasteiger partial charge in [-0.3, -0.25) is 4.79 Å². The predicted octanol–water partition coefficient (Wildman–Crippen LogP) is 1.66. The number of hydrogen-bond acceptors (Lipinski definition) is 3. The zero-order chi connectivity index (χ0) is 16.1. The second kappa shape index (κ2) is 7.11.